The fraction of sp³-hybridized carbons (Fsp3) is 0.426. The number of aliphatic hydroxyl groups is 1. The van der Waals surface area contributed by atoms with Gasteiger partial charge in [0, 0.05) is 49.7 Å². The van der Waals surface area contributed by atoms with Crippen LogP contribution in [0.5, 0.6) is 0 Å². The summed E-state index contributed by atoms with van der Waals surface area (Å²) in [4.78, 5) is 64.2. The van der Waals surface area contributed by atoms with E-state index in [0.717, 1.165) is 32.8 Å². The number of nitrogens with zero attached hydrogens (tertiary/aromatic N) is 4. The second-order valence-corrected chi connectivity index (χ2v) is 17.9. The third-order valence-electron chi connectivity index (χ3n) is 10.5. The average molecular weight is 820 g/mol. The van der Waals surface area contributed by atoms with Gasteiger partial charge in [0.25, 0.3) is 0 Å². The Labute approximate surface area is 354 Å². The van der Waals surface area contributed by atoms with Crippen molar-refractivity contribution in [2.24, 2.45) is 10.8 Å². The van der Waals surface area contributed by atoms with Crippen LogP contribution in [0.25, 0.3) is 11.3 Å². The van der Waals surface area contributed by atoms with Gasteiger partial charge < -0.3 is 36.0 Å². The van der Waals surface area contributed by atoms with Crippen molar-refractivity contribution in [3.63, 3.8) is 0 Å². The van der Waals surface area contributed by atoms with E-state index in [2.05, 4.69) is 15.6 Å². The van der Waals surface area contributed by atoms with Crippen LogP contribution in [-0.4, -0.2) is 99.8 Å². The van der Waals surface area contributed by atoms with E-state index < -0.39 is 53.1 Å². The largest absolute Gasteiger partial charge is 0.452 e. The first-order chi connectivity index (χ1) is 28.4. The number of methoxy groups -OCH3 is 1. The first kappa shape index (κ1) is 45.1. The van der Waals surface area contributed by atoms with Gasteiger partial charge in [0.15, 0.2) is 0 Å². The van der Waals surface area contributed by atoms with Crippen molar-refractivity contribution in [3.05, 3.63) is 120 Å². The molecule has 0 radical (unpaired) electrons. The second kappa shape index (κ2) is 19.9. The van der Waals surface area contributed by atoms with Crippen molar-refractivity contribution in [3.8, 4) is 11.3 Å². The fourth-order valence-electron chi connectivity index (χ4n) is 7.58. The zero-order chi connectivity index (χ0) is 43.6. The van der Waals surface area contributed by atoms with Crippen molar-refractivity contribution in [1.82, 2.24) is 30.3 Å². The molecule has 2 heterocycles. The van der Waals surface area contributed by atoms with Crippen LogP contribution in [0.4, 0.5) is 20.1 Å². The Morgan fingerprint density at radius 1 is 0.833 bits per heavy atom. The number of aliphatic hydroxyl groups excluding tert-OH is 1. The number of amides is 6. The average Bonchev–Trinajstić information content (AvgIpc) is 3.55. The zero-order valence-corrected chi connectivity index (χ0v) is 35.9. The highest BCUT2D eigenvalue weighted by Crippen LogP contribution is 2.29. The molecule has 1 aliphatic rings. The molecule has 0 aliphatic carbocycles. The summed E-state index contributed by atoms with van der Waals surface area (Å²) in [6.45, 7) is 12.8. The molecule has 4 atom stereocenters. The summed E-state index contributed by atoms with van der Waals surface area (Å²) in [5.41, 5.74) is 9.85. The second-order valence-electron chi connectivity index (χ2n) is 17.9. The Kier molecular flexibility index (Phi) is 14.9. The SMILES string of the molecule is COC(=O)N(CC(C)(C)C)C(=O)NC(Cc1ccc(-c2ccccn2)cc1)CC(O)C(Cc1ccccc1)NC(=O)C(N1CCN(Cc2ccc(N)cc2)C1=O)C(C)(C)C. The lowest BCUT2D eigenvalue weighted by Gasteiger charge is -2.38. The number of hydrogen-bond donors (Lipinski definition) is 4. The maximum Gasteiger partial charge on any atom is 0.417 e. The maximum atomic E-state index is 14.6. The Hall–Kier alpha value is -5.95. The van der Waals surface area contributed by atoms with Crippen molar-refractivity contribution in [2.45, 2.75) is 91.6 Å². The number of ether oxygens (including phenoxy) is 1. The van der Waals surface area contributed by atoms with E-state index in [9.17, 15) is 24.3 Å². The molecule has 60 heavy (non-hydrogen) atoms. The molecule has 5 rings (SSSR count). The van der Waals surface area contributed by atoms with Crippen molar-refractivity contribution < 1.29 is 29.0 Å². The summed E-state index contributed by atoms with van der Waals surface area (Å²) in [7, 11) is 1.23. The van der Waals surface area contributed by atoms with Gasteiger partial charge in [-0.1, -0.05) is 114 Å². The molecule has 4 aromatic rings. The normalized spacial score (nSPS) is 15.2. The summed E-state index contributed by atoms with van der Waals surface area (Å²) in [6, 6.07) is 27.2. The molecule has 320 valence electrons. The number of nitrogens with two attached hydrogens (primary N) is 1. The van der Waals surface area contributed by atoms with Gasteiger partial charge in [0.05, 0.1) is 24.9 Å². The number of anilines is 1. The van der Waals surface area contributed by atoms with Crippen molar-refractivity contribution in [1.29, 1.82) is 0 Å². The van der Waals surface area contributed by atoms with Gasteiger partial charge in [0.1, 0.15) is 6.04 Å². The first-order valence-corrected chi connectivity index (χ1v) is 20.5. The van der Waals surface area contributed by atoms with Crippen LogP contribution in [0.1, 0.15) is 64.7 Å². The topological polar surface area (TPSA) is 170 Å². The molecule has 4 unspecified atom stereocenters. The van der Waals surface area contributed by atoms with Gasteiger partial charge in [0.2, 0.25) is 5.91 Å². The molecular weight excluding hydrogens is 759 g/mol. The summed E-state index contributed by atoms with van der Waals surface area (Å²) >= 11 is 0. The number of carbonyl (C=O) groups is 4. The molecule has 0 spiro atoms. The van der Waals surface area contributed by atoms with E-state index >= 15 is 0 Å². The summed E-state index contributed by atoms with van der Waals surface area (Å²) in [5, 5.41) is 18.4. The number of benzene rings is 3. The predicted molar refractivity (Wildman–Crippen MR) is 234 cm³/mol. The number of pyridine rings is 1. The van der Waals surface area contributed by atoms with Gasteiger partial charge >= 0.3 is 18.2 Å². The number of rotatable bonds is 15. The molecule has 3 aromatic carbocycles. The molecule has 13 heteroatoms. The molecule has 1 fully saturated rings. The molecular formula is C47H61N7O6. The number of nitrogen functional groups attached to an aromatic ring is 1. The van der Waals surface area contributed by atoms with Gasteiger partial charge in [-0.3, -0.25) is 9.78 Å². The highest BCUT2D eigenvalue weighted by atomic mass is 16.5. The van der Waals surface area contributed by atoms with Crippen LogP contribution in [0.3, 0.4) is 0 Å². The number of hydrogen-bond acceptors (Lipinski definition) is 8. The lowest BCUT2D eigenvalue weighted by molar-refractivity contribution is -0.130. The molecule has 6 amide bonds. The van der Waals surface area contributed by atoms with Crippen LogP contribution in [-0.2, 0) is 28.9 Å². The minimum absolute atomic E-state index is 0.0221. The molecule has 5 N–H and O–H groups in total. The van der Waals surface area contributed by atoms with Crippen LogP contribution in [0.15, 0.2) is 103 Å². The maximum absolute atomic E-state index is 14.6. The smallest absolute Gasteiger partial charge is 0.417 e. The van der Waals surface area contributed by atoms with Crippen LogP contribution in [0, 0.1) is 10.8 Å². The van der Waals surface area contributed by atoms with Gasteiger partial charge in [-0.2, -0.15) is 0 Å². The van der Waals surface area contributed by atoms with E-state index in [1.54, 1.807) is 28.1 Å². The number of urea groups is 2. The summed E-state index contributed by atoms with van der Waals surface area (Å²) in [6.07, 6.45) is 0.369. The van der Waals surface area contributed by atoms with E-state index in [0.29, 0.717) is 31.7 Å². The third kappa shape index (κ3) is 12.5. The number of nitrogens with one attached hydrogen (secondary N) is 2. The van der Waals surface area contributed by atoms with Gasteiger partial charge in [-0.15, -0.1) is 0 Å². The van der Waals surface area contributed by atoms with E-state index in [1.807, 2.05) is 126 Å². The monoisotopic (exact) mass is 819 g/mol. The van der Waals surface area contributed by atoms with E-state index in [-0.39, 0.29) is 25.4 Å². The standard InChI is InChI=1S/C47H61N7O6/c1-46(2,3)31-54(45(59)60-7)43(57)50-37(27-33-16-20-35(21-17-33)38-15-11-12-24-49-38)29-40(55)39(28-32-13-9-8-10-14-32)51-42(56)41(47(4,5)6)53-26-25-52(44(53)58)30-34-18-22-36(48)23-19-34/h8-24,37,39-41,55H,25-31,48H2,1-7H3,(H,50,57)(H,51,56). The van der Waals surface area contributed by atoms with Gasteiger partial charge in [-0.05, 0) is 71.0 Å². The number of carbonyl (C=O) groups excluding carboxylic acids is 4. The zero-order valence-electron chi connectivity index (χ0n) is 35.9. The van der Waals surface area contributed by atoms with E-state index in [4.69, 9.17) is 10.5 Å². The Bertz CT molecular complexity index is 2030. The lowest BCUT2D eigenvalue weighted by atomic mass is 9.84. The van der Waals surface area contributed by atoms with Crippen LogP contribution >= 0.6 is 0 Å². The molecule has 1 saturated heterocycles. The minimum Gasteiger partial charge on any atom is -0.452 e. The summed E-state index contributed by atoms with van der Waals surface area (Å²) in [5.74, 6) is -0.391. The highest BCUT2D eigenvalue weighted by molar-refractivity contribution is 5.91. The third-order valence-corrected chi connectivity index (χ3v) is 10.5. The van der Waals surface area contributed by atoms with Crippen molar-refractivity contribution >= 4 is 29.8 Å². The highest BCUT2D eigenvalue weighted by Gasteiger charge is 2.44. The molecule has 1 aromatic heterocycles. The first-order valence-electron chi connectivity index (χ1n) is 20.5. The molecule has 1 aliphatic heterocycles. The quantitative estimate of drug-likeness (QED) is 0.0940. The van der Waals surface area contributed by atoms with Crippen LogP contribution < -0.4 is 16.4 Å². The van der Waals surface area contributed by atoms with E-state index in [1.165, 1.54) is 7.11 Å². The summed E-state index contributed by atoms with van der Waals surface area (Å²) < 4.78 is 4.99. The van der Waals surface area contributed by atoms with Crippen LogP contribution in [0.2, 0.25) is 0 Å². The molecule has 13 nitrogen and oxygen atoms in total. The predicted octanol–water partition coefficient (Wildman–Crippen LogP) is 6.90. The molecule has 0 saturated carbocycles. The van der Waals surface area contributed by atoms with Gasteiger partial charge in [-0.25, -0.2) is 19.3 Å². The Balaban J connectivity index is 1.41. The van der Waals surface area contributed by atoms with Crippen molar-refractivity contribution in [2.75, 3.05) is 32.5 Å². The lowest BCUT2D eigenvalue weighted by Crippen LogP contribution is -2.59. The minimum atomic E-state index is -1.17. The number of imide groups is 1. The Morgan fingerprint density at radius 3 is 2.07 bits per heavy atom. The number of aromatic nitrogens is 1. The molecule has 0 bridgehead atoms. The Morgan fingerprint density at radius 2 is 1.47 bits per heavy atom. The fourth-order valence-corrected chi connectivity index (χ4v) is 7.58.